The third-order valence-corrected chi connectivity index (χ3v) is 2.77. The van der Waals surface area contributed by atoms with Gasteiger partial charge in [-0.05, 0) is 51.5 Å². The molecule has 0 aromatic heterocycles. The van der Waals surface area contributed by atoms with E-state index in [1.54, 1.807) is 24.3 Å². The van der Waals surface area contributed by atoms with E-state index < -0.39 is 0 Å². The van der Waals surface area contributed by atoms with Crippen molar-refractivity contribution in [1.29, 1.82) is 0 Å². The molecule has 1 rings (SSSR count). The summed E-state index contributed by atoms with van der Waals surface area (Å²) in [7, 11) is 0. The molecule has 1 aromatic carbocycles. The summed E-state index contributed by atoms with van der Waals surface area (Å²) >= 11 is 0. The lowest BCUT2D eigenvalue weighted by Gasteiger charge is -2.13. The van der Waals surface area contributed by atoms with Gasteiger partial charge in [-0.3, -0.25) is 9.59 Å². The van der Waals surface area contributed by atoms with Gasteiger partial charge in [-0.1, -0.05) is 0 Å². The highest BCUT2D eigenvalue weighted by Crippen LogP contribution is 2.06. The molecule has 0 saturated heterocycles. The van der Waals surface area contributed by atoms with E-state index in [9.17, 15) is 9.59 Å². The van der Waals surface area contributed by atoms with E-state index in [-0.39, 0.29) is 30.5 Å². The van der Waals surface area contributed by atoms with Gasteiger partial charge in [0.1, 0.15) is 0 Å². The Labute approximate surface area is 119 Å². The molecule has 3 N–H and O–H groups in total. The van der Waals surface area contributed by atoms with Crippen LogP contribution in [-0.2, 0) is 0 Å². The van der Waals surface area contributed by atoms with Gasteiger partial charge in [0.05, 0.1) is 0 Å². The van der Waals surface area contributed by atoms with E-state index in [1.807, 2.05) is 20.8 Å². The highest BCUT2D eigenvalue weighted by Gasteiger charge is 2.11. The number of carbonyl (C=O) groups excluding carboxylic acids is 2. The van der Waals surface area contributed by atoms with Crippen molar-refractivity contribution in [1.82, 2.24) is 10.6 Å². The van der Waals surface area contributed by atoms with E-state index in [2.05, 4.69) is 10.6 Å². The van der Waals surface area contributed by atoms with E-state index in [4.69, 9.17) is 5.11 Å². The number of hydrogen-bond acceptors (Lipinski definition) is 3. The first-order valence-electron chi connectivity index (χ1n) is 6.76. The standard InChI is InChI=1S/C15H22N2O3/c1-10(2)16-14(19)12-4-6-13(7-5-12)15(20)17-11(3)8-9-18/h4-7,10-11,18H,8-9H2,1-3H3,(H,16,19)(H,17,20)/t11-/m1/s1. The fourth-order valence-electron chi connectivity index (χ4n) is 1.69. The van der Waals surface area contributed by atoms with E-state index in [0.29, 0.717) is 17.5 Å². The average Bonchev–Trinajstić information content (AvgIpc) is 2.38. The monoisotopic (exact) mass is 278 g/mol. The van der Waals surface area contributed by atoms with Crippen LogP contribution in [0, 0.1) is 0 Å². The molecule has 0 aliphatic heterocycles. The summed E-state index contributed by atoms with van der Waals surface area (Å²) < 4.78 is 0. The summed E-state index contributed by atoms with van der Waals surface area (Å²) in [6.07, 6.45) is 0.515. The van der Waals surface area contributed by atoms with Gasteiger partial charge in [0.25, 0.3) is 11.8 Å². The fraction of sp³-hybridized carbons (Fsp3) is 0.467. The van der Waals surface area contributed by atoms with Crippen molar-refractivity contribution in [3.63, 3.8) is 0 Å². The zero-order chi connectivity index (χ0) is 15.1. The minimum atomic E-state index is -0.207. The number of aliphatic hydroxyl groups excluding tert-OH is 1. The number of nitrogens with one attached hydrogen (secondary N) is 2. The summed E-state index contributed by atoms with van der Waals surface area (Å²) in [4.78, 5) is 23.7. The summed E-state index contributed by atoms with van der Waals surface area (Å²) in [5.41, 5.74) is 1.02. The molecule has 110 valence electrons. The van der Waals surface area contributed by atoms with E-state index in [1.165, 1.54) is 0 Å². The quantitative estimate of drug-likeness (QED) is 0.734. The van der Waals surface area contributed by atoms with Gasteiger partial charge in [0.15, 0.2) is 0 Å². The third kappa shape index (κ3) is 5.01. The summed E-state index contributed by atoms with van der Waals surface area (Å²) in [5, 5.41) is 14.4. The smallest absolute Gasteiger partial charge is 0.251 e. The van der Waals surface area contributed by atoms with E-state index >= 15 is 0 Å². The molecule has 0 unspecified atom stereocenters. The van der Waals surface area contributed by atoms with Gasteiger partial charge in [-0.25, -0.2) is 0 Å². The lowest BCUT2D eigenvalue weighted by atomic mass is 10.1. The second-order valence-electron chi connectivity index (χ2n) is 5.09. The van der Waals surface area contributed by atoms with E-state index in [0.717, 1.165) is 0 Å². The molecular weight excluding hydrogens is 256 g/mol. The highest BCUT2D eigenvalue weighted by molar-refractivity contribution is 5.97. The predicted octanol–water partition coefficient (Wildman–Crippen LogP) is 1.33. The van der Waals surface area contributed by atoms with Crippen molar-refractivity contribution in [2.45, 2.75) is 39.3 Å². The topological polar surface area (TPSA) is 78.4 Å². The van der Waals surface area contributed by atoms with Gasteiger partial charge >= 0.3 is 0 Å². The first-order chi connectivity index (χ1) is 9.43. The fourth-order valence-corrected chi connectivity index (χ4v) is 1.69. The van der Waals surface area contributed by atoms with Crippen LogP contribution in [0.25, 0.3) is 0 Å². The Hall–Kier alpha value is -1.88. The van der Waals surface area contributed by atoms with Crippen molar-refractivity contribution < 1.29 is 14.7 Å². The van der Waals surface area contributed by atoms with Gasteiger partial charge < -0.3 is 15.7 Å². The van der Waals surface area contributed by atoms with Crippen LogP contribution in [0.15, 0.2) is 24.3 Å². The van der Waals surface area contributed by atoms with Gasteiger partial charge in [-0.2, -0.15) is 0 Å². The zero-order valence-electron chi connectivity index (χ0n) is 12.1. The number of hydrogen-bond donors (Lipinski definition) is 3. The largest absolute Gasteiger partial charge is 0.396 e. The van der Waals surface area contributed by atoms with Crippen LogP contribution >= 0.6 is 0 Å². The molecule has 0 aliphatic rings. The first kappa shape index (κ1) is 16.2. The molecule has 0 spiro atoms. The molecule has 1 atom stereocenters. The molecule has 5 nitrogen and oxygen atoms in total. The lowest BCUT2D eigenvalue weighted by Crippen LogP contribution is -2.33. The molecule has 0 aliphatic carbocycles. The van der Waals surface area contributed by atoms with Crippen molar-refractivity contribution in [2.24, 2.45) is 0 Å². The van der Waals surface area contributed by atoms with Crippen LogP contribution in [0.4, 0.5) is 0 Å². The Morgan fingerprint density at radius 2 is 1.45 bits per heavy atom. The number of rotatable bonds is 6. The molecule has 0 heterocycles. The Morgan fingerprint density at radius 3 is 1.85 bits per heavy atom. The summed E-state index contributed by atoms with van der Waals surface area (Å²) in [6.45, 7) is 5.65. The number of benzene rings is 1. The second-order valence-corrected chi connectivity index (χ2v) is 5.09. The van der Waals surface area contributed by atoms with Gasteiger partial charge in [0.2, 0.25) is 0 Å². The number of aliphatic hydroxyl groups is 1. The first-order valence-corrected chi connectivity index (χ1v) is 6.76. The van der Waals surface area contributed by atoms with Crippen molar-refractivity contribution in [3.8, 4) is 0 Å². The highest BCUT2D eigenvalue weighted by atomic mass is 16.3. The van der Waals surface area contributed by atoms with Crippen molar-refractivity contribution in [2.75, 3.05) is 6.61 Å². The Morgan fingerprint density at radius 1 is 1.00 bits per heavy atom. The van der Waals surface area contributed by atoms with Crippen LogP contribution < -0.4 is 10.6 Å². The molecule has 0 radical (unpaired) electrons. The molecule has 20 heavy (non-hydrogen) atoms. The SMILES string of the molecule is CC(C)NC(=O)c1ccc(C(=O)N[C@H](C)CCO)cc1. The Balaban J connectivity index is 2.66. The maximum atomic E-state index is 11.9. The predicted molar refractivity (Wildman–Crippen MR) is 77.7 cm³/mol. The Bertz CT molecular complexity index is 455. The molecule has 0 bridgehead atoms. The molecule has 2 amide bonds. The number of amides is 2. The number of carbonyl (C=O) groups is 2. The average molecular weight is 278 g/mol. The Kier molecular flexibility index (Phi) is 6.18. The second kappa shape index (κ2) is 7.65. The van der Waals surface area contributed by atoms with Crippen LogP contribution in [0.3, 0.4) is 0 Å². The molecule has 0 fully saturated rings. The minimum absolute atomic E-state index is 0.0375. The summed E-state index contributed by atoms with van der Waals surface area (Å²) in [5.74, 6) is -0.359. The van der Waals surface area contributed by atoms with Crippen molar-refractivity contribution >= 4 is 11.8 Å². The van der Waals surface area contributed by atoms with Crippen LogP contribution in [0.2, 0.25) is 0 Å². The lowest BCUT2D eigenvalue weighted by molar-refractivity contribution is 0.0925. The third-order valence-electron chi connectivity index (χ3n) is 2.77. The normalized spacial score (nSPS) is 12.1. The van der Waals surface area contributed by atoms with Crippen LogP contribution in [0.5, 0.6) is 0 Å². The maximum Gasteiger partial charge on any atom is 0.251 e. The molecular formula is C15H22N2O3. The zero-order valence-corrected chi connectivity index (χ0v) is 12.1. The van der Waals surface area contributed by atoms with Gasteiger partial charge in [-0.15, -0.1) is 0 Å². The molecule has 0 saturated carbocycles. The van der Waals surface area contributed by atoms with Gasteiger partial charge in [0, 0.05) is 29.8 Å². The van der Waals surface area contributed by atoms with Crippen LogP contribution in [-0.4, -0.2) is 35.6 Å². The minimum Gasteiger partial charge on any atom is -0.396 e. The molecule has 5 heteroatoms. The molecule has 1 aromatic rings. The van der Waals surface area contributed by atoms with Crippen molar-refractivity contribution in [3.05, 3.63) is 35.4 Å². The summed E-state index contributed by atoms with van der Waals surface area (Å²) in [6, 6.07) is 6.49. The van der Waals surface area contributed by atoms with Crippen LogP contribution in [0.1, 0.15) is 47.9 Å². The maximum absolute atomic E-state index is 11.9.